The van der Waals surface area contributed by atoms with Crippen molar-refractivity contribution in [1.82, 2.24) is 15.0 Å². The lowest BCUT2D eigenvalue weighted by atomic mass is 10.2. The molecular formula is C17H18N4O2S. The largest absolute Gasteiger partial charge is 0.396 e. The average Bonchev–Trinajstić information content (AvgIpc) is 3.06. The van der Waals surface area contributed by atoms with Crippen molar-refractivity contribution in [2.24, 2.45) is 0 Å². The van der Waals surface area contributed by atoms with Gasteiger partial charge in [0.2, 0.25) is 0 Å². The summed E-state index contributed by atoms with van der Waals surface area (Å²) in [6.07, 6.45) is 3.44. The zero-order valence-corrected chi connectivity index (χ0v) is 14.0. The summed E-state index contributed by atoms with van der Waals surface area (Å²) in [6.45, 7) is 1.80. The van der Waals surface area contributed by atoms with Crippen LogP contribution in [-0.4, -0.2) is 31.8 Å². The lowest BCUT2D eigenvalue weighted by Gasteiger charge is -2.07. The van der Waals surface area contributed by atoms with Crippen LogP contribution in [0.15, 0.2) is 42.7 Å². The first-order chi connectivity index (χ1) is 11.7. The molecule has 6 nitrogen and oxygen atoms in total. The molecule has 24 heavy (non-hydrogen) atoms. The second kappa shape index (κ2) is 7.48. The van der Waals surface area contributed by atoms with Gasteiger partial charge in [-0.1, -0.05) is 6.07 Å². The van der Waals surface area contributed by atoms with E-state index in [-0.39, 0.29) is 6.61 Å². The normalized spacial score (nSPS) is 12.1. The Morgan fingerprint density at radius 1 is 1.21 bits per heavy atom. The van der Waals surface area contributed by atoms with Gasteiger partial charge in [-0.3, -0.25) is 0 Å². The minimum atomic E-state index is -0.580. The third-order valence-corrected chi connectivity index (χ3v) is 4.55. The molecule has 3 aromatic heterocycles. The number of hydrogen-bond acceptors (Lipinski definition) is 7. The van der Waals surface area contributed by atoms with E-state index in [9.17, 15) is 5.11 Å². The predicted octanol–water partition coefficient (Wildman–Crippen LogP) is 2.93. The van der Waals surface area contributed by atoms with E-state index >= 15 is 0 Å². The number of thiazole rings is 1. The monoisotopic (exact) mass is 342 g/mol. The summed E-state index contributed by atoms with van der Waals surface area (Å²) in [6, 6.07) is 9.44. The summed E-state index contributed by atoms with van der Waals surface area (Å²) in [5.74, 6) is 1.35. The minimum absolute atomic E-state index is 0.105. The number of rotatable bonds is 6. The number of anilines is 2. The summed E-state index contributed by atoms with van der Waals surface area (Å²) in [5, 5.41) is 22.5. The Balaban J connectivity index is 1.81. The molecule has 0 aliphatic heterocycles. The van der Waals surface area contributed by atoms with Gasteiger partial charge in [-0.2, -0.15) is 0 Å². The first kappa shape index (κ1) is 16.5. The molecule has 0 aromatic carbocycles. The summed E-state index contributed by atoms with van der Waals surface area (Å²) < 4.78 is 0. The van der Waals surface area contributed by atoms with Crippen molar-refractivity contribution >= 4 is 23.0 Å². The Bertz CT molecular complexity index is 820. The van der Waals surface area contributed by atoms with Gasteiger partial charge in [0, 0.05) is 19.0 Å². The summed E-state index contributed by atoms with van der Waals surface area (Å²) in [5.41, 5.74) is 1.80. The van der Waals surface area contributed by atoms with E-state index in [2.05, 4.69) is 20.3 Å². The van der Waals surface area contributed by atoms with Crippen LogP contribution in [-0.2, 0) is 6.42 Å². The smallest absolute Gasteiger partial charge is 0.132 e. The van der Waals surface area contributed by atoms with Crippen LogP contribution >= 0.6 is 11.3 Å². The number of aliphatic hydroxyl groups excluding tert-OH is 2. The maximum Gasteiger partial charge on any atom is 0.132 e. The number of hydrogen-bond donors (Lipinski definition) is 3. The maximum atomic E-state index is 9.59. The molecule has 124 valence electrons. The van der Waals surface area contributed by atoms with Crippen molar-refractivity contribution in [2.45, 2.75) is 19.4 Å². The summed E-state index contributed by atoms with van der Waals surface area (Å²) in [4.78, 5) is 14.0. The van der Waals surface area contributed by atoms with E-state index in [0.717, 1.165) is 16.1 Å². The Morgan fingerprint density at radius 2 is 2.08 bits per heavy atom. The minimum Gasteiger partial charge on any atom is -0.396 e. The third-order valence-electron chi connectivity index (χ3n) is 3.36. The highest BCUT2D eigenvalue weighted by atomic mass is 32.1. The van der Waals surface area contributed by atoms with Crippen molar-refractivity contribution in [3.63, 3.8) is 0 Å². The van der Waals surface area contributed by atoms with Crippen LogP contribution in [0.3, 0.4) is 0 Å². The van der Waals surface area contributed by atoms with Crippen LogP contribution in [0.4, 0.5) is 11.6 Å². The summed E-state index contributed by atoms with van der Waals surface area (Å²) in [7, 11) is 0. The fourth-order valence-electron chi connectivity index (χ4n) is 2.20. The van der Waals surface area contributed by atoms with Crippen LogP contribution in [0, 0.1) is 0 Å². The van der Waals surface area contributed by atoms with Gasteiger partial charge in [0.1, 0.15) is 22.7 Å². The van der Waals surface area contributed by atoms with Crippen molar-refractivity contribution in [3.05, 3.63) is 53.3 Å². The van der Waals surface area contributed by atoms with E-state index in [4.69, 9.17) is 5.11 Å². The zero-order valence-electron chi connectivity index (χ0n) is 13.2. The fraction of sp³-hybridized carbons (Fsp3) is 0.235. The van der Waals surface area contributed by atoms with Gasteiger partial charge in [-0.25, -0.2) is 15.0 Å². The highest BCUT2D eigenvalue weighted by Crippen LogP contribution is 2.28. The van der Waals surface area contributed by atoms with Gasteiger partial charge >= 0.3 is 0 Å². The summed E-state index contributed by atoms with van der Waals surface area (Å²) >= 11 is 1.42. The van der Waals surface area contributed by atoms with Crippen molar-refractivity contribution in [1.29, 1.82) is 0 Å². The number of aliphatic hydroxyl groups is 2. The van der Waals surface area contributed by atoms with Gasteiger partial charge in [0.25, 0.3) is 0 Å². The van der Waals surface area contributed by atoms with E-state index < -0.39 is 6.10 Å². The highest BCUT2D eigenvalue weighted by molar-refractivity contribution is 7.15. The highest BCUT2D eigenvalue weighted by Gasteiger charge is 2.10. The first-order valence-corrected chi connectivity index (χ1v) is 8.41. The van der Waals surface area contributed by atoms with Gasteiger partial charge in [-0.15, -0.1) is 11.3 Å². The van der Waals surface area contributed by atoms with Gasteiger partial charge in [0.15, 0.2) is 0 Å². The molecule has 0 unspecified atom stereocenters. The molecule has 0 amide bonds. The van der Waals surface area contributed by atoms with E-state index in [1.54, 1.807) is 19.3 Å². The Hall–Kier alpha value is -2.35. The van der Waals surface area contributed by atoms with Crippen molar-refractivity contribution in [2.75, 3.05) is 11.9 Å². The van der Waals surface area contributed by atoms with E-state index in [1.165, 1.54) is 11.3 Å². The Kier molecular flexibility index (Phi) is 5.14. The third kappa shape index (κ3) is 3.94. The Labute approximate surface area is 143 Å². The molecule has 3 rings (SSSR count). The number of nitrogens with zero attached hydrogens (tertiary/aromatic N) is 3. The van der Waals surface area contributed by atoms with Crippen LogP contribution in [0.2, 0.25) is 0 Å². The molecule has 0 bridgehead atoms. The molecule has 7 heteroatoms. The molecule has 3 heterocycles. The van der Waals surface area contributed by atoms with E-state index in [0.29, 0.717) is 23.1 Å². The quantitative estimate of drug-likeness (QED) is 0.638. The van der Waals surface area contributed by atoms with Crippen LogP contribution < -0.4 is 5.32 Å². The molecule has 0 radical (unpaired) electrons. The van der Waals surface area contributed by atoms with Gasteiger partial charge < -0.3 is 15.5 Å². The Morgan fingerprint density at radius 3 is 2.83 bits per heavy atom. The van der Waals surface area contributed by atoms with Gasteiger partial charge in [0.05, 0.1) is 10.6 Å². The topological polar surface area (TPSA) is 91.2 Å². The van der Waals surface area contributed by atoms with Crippen LogP contribution in [0.1, 0.15) is 23.6 Å². The molecule has 0 fully saturated rings. The molecule has 0 saturated carbocycles. The molecule has 1 atom stereocenters. The standard InChI is InChI=1S/C17H18N4O2S/c1-11(23)17-19-10-14(24-17)13-3-2-4-15(20-13)21-16-9-12(6-8-22)5-7-18-16/h2-5,7,9-11,22-23H,6,8H2,1H3,(H,18,20,21)/t11-/m0/s1. The number of aromatic nitrogens is 3. The van der Waals surface area contributed by atoms with Crippen molar-refractivity contribution in [3.8, 4) is 10.6 Å². The van der Waals surface area contributed by atoms with Crippen molar-refractivity contribution < 1.29 is 10.2 Å². The molecule has 3 aromatic rings. The first-order valence-electron chi connectivity index (χ1n) is 7.60. The predicted molar refractivity (Wildman–Crippen MR) is 94.3 cm³/mol. The molecular weight excluding hydrogens is 324 g/mol. The molecule has 3 N–H and O–H groups in total. The SMILES string of the molecule is C[C@H](O)c1ncc(-c2cccc(Nc3cc(CCO)ccn3)n2)s1. The molecule has 0 aliphatic carbocycles. The molecule has 0 aliphatic rings. The van der Waals surface area contributed by atoms with E-state index in [1.807, 2.05) is 30.3 Å². The fourth-order valence-corrected chi connectivity index (χ4v) is 3.02. The van der Waals surface area contributed by atoms with Gasteiger partial charge in [-0.05, 0) is 43.2 Å². The van der Waals surface area contributed by atoms with Crippen LogP contribution in [0.5, 0.6) is 0 Å². The van der Waals surface area contributed by atoms with Crippen LogP contribution in [0.25, 0.3) is 10.6 Å². The lowest BCUT2D eigenvalue weighted by Crippen LogP contribution is -1.98. The second-order valence-corrected chi connectivity index (χ2v) is 6.36. The number of nitrogens with one attached hydrogen (secondary N) is 1. The molecule has 0 spiro atoms. The maximum absolute atomic E-state index is 9.59. The number of pyridine rings is 2. The average molecular weight is 342 g/mol. The molecule has 0 saturated heterocycles. The zero-order chi connectivity index (χ0) is 16.9. The second-order valence-electron chi connectivity index (χ2n) is 5.29. The lowest BCUT2D eigenvalue weighted by molar-refractivity contribution is 0.199.